The molecule has 0 unspecified atom stereocenters. The van der Waals surface area contributed by atoms with Gasteiger partial charge in [-0.15, -0.1) is 0 Å². The van der Waals surface area contributed by atoms with Gasteiger partial charge in [0, 0.05) is 10.8 Å². The van der Waals surface area contributed by atoms with E-state index in [0.717, 1.165) is 33.1 Å². The third-order valence-electron chi connectivity index (χ3n) is 3.15. The Balaban J connectivity index is 2.43. The Morgan fingerprint density at radius 3 is 2.61 bits per heavy atom. The predicted octanol–water partition coefficient (Wildman–Crippen LogP) is 5.26. The molecule has 0 atom stereocenters. The Morgan fingerprint density at radius 1 is 1.00 bits per heavy atom. The second-order valence-electron chi connectivity index (χ2n) is 4.28. The topological polar surface area (TPSA) is 13.1 Å². The number of rotatable bonds is 2. The van der Waals surface area contributed by atoms with Crippen LogP contribution in [0.1, 0.15) is 18.1 Å². The van der Waals surface area contributed by atoms with Gasteiger partial charge in [0.15, 0.2) is 0 Å². The first kappa shape index (κ1) is 10.8. The van der Waals surface area contributed by atoms with E-state index in [-0.39, 0.29) is 0 Å². The fourth-order valence-corrected chi connectivity index (χ4v) is 2.30. The minimum atomic E-state index is 0.926. The molecular formula is C17H14O. The molecule has 0 aliphatic rings. The predicted molar refractivity (Wildman–Crippen MR) is 78.5 cm³/mol. The fourth-order valence-electron chi connectivity index (χ4n) is 2.30. The van der Waals surface area contributed by atoms with Crippen molar-refractivity contribution in [2.24, 2.45) is 0 Å². The quantitative estimate of drug-likeness (QED) is 0.589. The first-order chi connectivity index (χ1) is 8.83. The van der Waals surface area contributed by atoms with Crippen LogP contribution in [0.5, 0.6) is 0 Å². The average molecular weight is 234 g/mol. The SMILES string of the molecule is C=Cc1cc2c(cc1/C=C\C)oc1ccccc12. The van der Waals surface area contributed by atoms with Gasteiger partial charge in [0.1, 0.15) is 11.2 Å². The van der Waals surface area contributed by atoms with Crippen LogP contribution >= 0.6 is 0 Å². The molecule has 88 valence electrons. The highest BCUT2D eigenvalue weighted by Crippen LogP contribution is 2.31. The molecular weight excluding hydrogens is 220 g/mol. The van der Waals surface area contributed by atoms with E-state index in [4.69, 9.17) is 4.42 Å². The van der Waals surface area contributed by atoms with Crippen LogP contribution < -0.4 is 0 Å². The van der Waals surface area contributed by atoms with Crippen LogP contribution in [0.25, 0.3) is 34.1 Å². The summed E-state index contributed by atoms with van der Waals surface area (Å²) >= 11 is 0. The largest absolute Gasteiger partial charge is 0.456 e. The molecule has 0 aliphatic carbocycles. The van der Waals surface area contributed by atoms with Crippen molar-refractivity contribution in [1.82, 2.24) is 0 Å². The molecule has 0 fully saturated rings. The van der Waals surface area contributed by atoms with Gasteiger partial charge in [-0.05, 0) is 36.2 Å². The number of para-hydroxylation sites is 1. The lowest BCUT2D eigenvalue weighted by atomic mass is 10.0. The molecule has 1 nitrogen and oxygen atoms in total. The van der Waals surface area contributed by atoms with Crippen molar-refractivity contribution in [3.05, 3.63) is 60.2 Å². The van der Waals surface area contributed by atoms with E-state index >= 15 is 0 Å². The van der Waals surface area contributed by atoms with Crippen LogP contribution in [-0.4, -0.2) is 0 Å². The molecule has 0 spiro atoms. The Morgan fingerprint density at radius 2 is 1.83 bits per heavy atom. The first-order valence-corrected chi connectivity index (χ1v) is 6.04. The summed E-state index contributed by atoms with van der Waals surface area (Å²) in [5, 5.41) is 2.30. The van der Waals surface area contributed by atoms with Gasteiger partial charge < -0.3 is 4.42 Å². The van der Waals surface area contributed by atoms with Gasteiger partial charge in [0.05, 0.1) is 0 Å². The maximum atomic E-state index is 5.87. The highest BCUT2D eigenvalue weighted by Gasteiger charge is 2.08. The molecule has 18 heavy (non-hydrogen) atoms. The van der Waals surface area contributed by atoms with Gasteiger partial charge in [-0.3, -0.25) is 0 Å². The minimum absolute atomic E-state index is 0.926. The van der Waals surface area contributed by atoms with Crippen LogP contribution in [0, 0.1) is 0 Å². The number of fused-ring (bicyclic) bond motifs is 3. The summed E-state index contributed by atoms with van der Waals surface area (Å²) in [7, 11) is 0. The summed E-state index contributed by atoms with van der Waals surface area (Å²) in [4.78, 5) is 0. The van der Waals surface area contributed by atoms with Crippen molar-refractivity contribution in [2.45, 2.75) is 6.92 Å². The smallest absolute Gasteiger partial charge is 0.136 e. The molecule has 1 aromatic heterocycles. The third kappa shape index (κ3) is 1.56. The third-order valence-corrected chi connectivity index (χ3v) is 3.15. The second kappa shape index (κ2) is 4.19. The van der Waals surface area contributed by atoms with Crippen LogP contribution in [0.3, 0.4) is 0 Å². The highest BCUT2D eigenvalue weighted by molar-refractivity contribution is 6.06. The van der Waals surface area contributed by atoms with Crippen molar-refractivity contribution in [3.8, 4) is 0 Å². The standard InChI is InChI=1S/C17H14O/c1-3-7-13-11-17-15(10-12(13)4-2)14-8-5-6-9-16(14)18-17/h3-11H,2H2,1H3/b7-3-. The first-order valence-electron chi connectivity index (χ1n) is 6.04. The number of benzene rings is 2. The maximum Gasteiger partial charge on any atom is 0.136 e. The lowest BCUT2D eigenvalue weighted by molar-refractivity contribution is 0.669. The van der Waals surface area contributed by atoms with Crippen molar-refractivity contribution in [3.63, 3.8) is 0 Å². The number of hydrogen-bond donors (Lipinski definition) is 0. The summed E-state index contributed by atoms with van der Waals surface area (Å²) < 4.78 is 5.87. The average Bonchev–Trinajstić information content (AvgIpc) is 2.75. The number of furan rings is 1. The summed E-state index contributed by atoms with van der Waals surface area (Å²) in [5.74, 6) is 0. The molecule has 0 radical (unpaired) electrons. The van der Waals surface area contributed by atoms with E-state index < -0.39 is 0 Å². The summed E-state index contributed by atoms with van der Waals surface area (Å²) in [6, 6.07) is 12.3. The molecule has 1 heteroatoms. The highest BCUT2D eigenvalue weighted by atomic mass is 16.3. The molecule has 3 aromatic rings. The molecule has 2 aromatic carbocycles. The molecule has 0 aliphatic heterocycles. The zero-order chi connectivity index (χ0) is 12.5. The Bertz CT molecular complexity index is 760. The molecule has 0 saturated heterocycles. The molecule has 0 saturated carbocycles. The lowest BCUT2D eigenvalue weighted by Crippen LogP contribution is -1.80. The summed E-state index contributed by atoms with van der Waals surface area (Å²) in [6.45, 7) is 5.89. The van der Waals surface area contributed by atoms with Gasteiger partial charge in [-0.2, -0.15) is 0 Å². The van der Waals surface area contributed by atoms with E-state index in [2.05, 4.69) is 30.9 Å². The number of hydrogen-bond acceptors (Lipinski definition) is 1. The minimum Gasteiger partial charge on any atom is -0.456 e. The molecule has 0 bridgehead atoms. The van der Waals surface area contributed by atoms with Crippen molar-refractivity contribution in [2.75, 3.05) is 0 Å². The molecule has 1 heterocycles. The molecule has 0 N–H and O–H groups in total. The monoisotopic (exact) mass is 234 g/mol. The van der Waals surface area contributed by atoms with Crippen LogP contribution in [-0.2, 0) is 0 Å². The fraction of sp³-hybridized carbons (Fsp3) is 0.0588. The van der Waals surface area contributed by atoms with Gasteiger partial charge in [0.2, 0.25) is 0 Å². The lowest BCUT2D eigenvalue weighted by Gasteiger charge is -2.00. The normalized spacial score (nSPS) is 11.6. The van der Waals surface area contributed by atoms with E-state index in [9.17, 15) is 0 Å². The van der Waals surface area contributed by atoms with Crippen LogP contribution in [0.2, 0.25) is 0 Å². The van der Waals surface area contributed by atoms with Crippen molar-refractivity contribution >= 4 is 34.1 Å². The van der Waals surface area contributed by atoms with Gasteiger partial charge in [-0.25, -0.2) is 0 Å². The van der Waals surface area contributed by atoms with Gasteiger partial charge in [-0.1, -0.05) is 43.0 Å². The zero-order valence-corrected chi connectivity index (χ0v) is 10.3. The Kier molecular flexibility index (Phi) is 2.52. The summed E-state index contributed by atoms with van der Waals surface area (Å²) in [5.41, 5.74) is 4.13. The Labute approximate surface area is 106 Å². The maximum absolute atomic E-state index is 5.87. The van der Waals surface area contributed by atoms with E-state index in [1.165, 1.54) is 0 Å². The van der Waals surface area contributed by atoms with Crippen molar-refractivity contribution < 1.29 is 4.42 Å². The number of allylic oxidation sites excluding steroid dienone is 1. The van der Waals surface area contributed by atoms with E-state index in [1.54, 1.807) is 0 Å². The van der Waals surface area contributed by atoms with Gasteiger partial charge >= 0.3 is 0 Å². The van der Waals surface area contributed by atoms with E-state index in [1.807, 2.05) is 37.3 Å². The second-order valence-corrected chi connectivity index (χ2v) is 4.28. The van der Waals surface area contributed by atoms with Crippen LogP contribution in [0.15, 0.2) is 53.5 Å². The van der Waals surface area contributed by atoms with Crippen LogP contribution in [0.4, 0.5) is 0 Å². The summed E-state index contributed by atoms with van der Waals surface area (Å²) in [6.07, 6.45) is 5.98. The molecule has 3 rings (SSSR count). The van der Waals surface area contributed by atoms with Crippen molar-refractivity contribution in [1.29, 1.82) is 0 Å². The zero-order valence-electron chi connectivity index (χ0n) is 10.3. The van der Waals surface area contributed by atoms with Gasteiger partial charge in [0.25, 0.3) is 0 Å². The Hall–Kier alpha value is -2.28. The molecule has 0 amide bonds. The van der Waals surface area contributed by atoms with E-state index in [0.29, 0.717) is 0 Å².